The second-order valence-electron chi connectivity index (χ2n) is 6.98. The van der Waals surface area contributed by atoms with Crippen LogP contribution >= 0.6 is 0 Å². The maximum absolute atomic E-state index is 12.5. The van der Waals surface area contributed by atoms with Gasteiger partial charge in [-0.1, -0.05) is 19.8 Å². The molecule has 0 atom stereocenters. The summed E-state index contributed by atoms with van der Waals surface area (Å²) in [6.45, 7) is 5.19. The zero-order chi connectivity index (χ0) is 14.7. The average Bonchev–Trinajstić information content (AvgIpc) is 3.15. The second kappa shape index (κ2) is 6.22. The molecule has 1 saturated heterocycles. The van der Waals surface area contributed by atoms with Gasteiger partial charge in [0.15, 0.2) is 0 Å². The smallest absolute Gasteiger partial charge is 0.267 e. The molecule has 0 aromatic carbocycles. The Morgan fingerprint density at radius 2 is 2.10 bits per heavy atom. The van der Waals surface area contributed by atoms with E-state index in [1.165, 1.54) is 25.7 Å². The molecule has 1 aromatic rings. The lowest BCUT2D eigenvalue weighted by Gasteiger charge is -2.27. The van der Waals surface area contributed by atoms with Gasteiger partial charge in [0.1, 0.15) is 5.69 Å². The van der Waals surface area contributed by atoms with Gasteiger partial charge in [-0.15, -0.1) is 0 Å². The van der Waals surface area contributed by atoms with E-state index in [-0.39, 0.29) is 5.91 Å². The van der Waals surface area contributed by atoms with Crippen molar-refractivity contribution in [2.75, 3.05) is 19.6 Å². The fourth-order valence-electron chi connectivity index (χ4n) is 3.78. The Balaban J connectivity index is 1.63. The summed E-state index contributed by atoms with van der Waals surface area (Å²) in [5, 5.41) is 6.55. The lowest BCUT2D eigenvalue weighted by atomic mass is 9.89. The predicted molar refractivity (Wildman–Crippen MR) is 84.5 cm³/mol. The van der Waals surface area contributed by atoms with Crippen LogP contribution in [0.3, 0.4) is 0 Å². The number of nitrogens with zero attached hydrogens (tertiary/aromatic N) is 1. The molecule has 0 bridgehead atoms. The summed E-state index contributed by atoms with van der Waals surface area (Å²) < 4.78 is 2.17. The summed E-state index contributed by atoms with van der Waals surface area (Å²) in [7, 11) is 0. The molecule has 116 valence electrons. The minimum absolute atomic E-state index is 0.0895. The molecule has 1 amide bonds. The van der Waals surface area contributed by atoms with E-state index in [0.717, 1.165) is 38.2 Å². The minimum Gasteiger partial charge on any atom is -0.350 e. The van der Waals surface area contributed by atoms with Crippen molar-refractivity contribution < 1.29 is 4.79 Å². The van der Waals surface area contributed by atoms with Crippen molar-refractivity contribution in [3.05, 3.63) is 24.0 Å². The van der Waals surface area contributed by atoms with Crippen molar-refractivity contribution in [2.24, 2.45) is 5.41 Å². The first-order valence-electron chi connectivity index (χ1n) is 8.34. The van der Waals surface area contributed by atoms with E-state index >= 15 is 0 Å². The molecule has 2 aliphatic rings. The minimum atomic E-state index is 0.0895. The van der Waals surface area contributed by atoms with E-state index in [4.69, 9.17) is 0 Å². The van der Waals surface area contributed by atoms with Crippen LogP contribution < -0.4 is 10.6 Å². The first kappa shape index (κ1) is 14.6. The second-order valence-corrected chi connectivity index (χ2v) is 6.98. The SMILES string of the molecule is CC1(CNC(=O)c2cccn2C2CCNCC2)CCCC1. The predicted octanol–water partition coefficient (Wildman–Crippen LogP) is 2.72. The lowest BCUT2D eigenvalue weighted by Crippen LogP contribution is -2.36. The first-order valence-corrected chi connectivity index (χ1v) is 8.34. The number of rotatable bonds is 4. The summed E-state index contributed by atoms with van der Waals surface area (Å²) in [6, 6.07) is 4.41. The van der Waals surface area contributed by atoms with Crippen molar-refractivity contribution >= 4 is 5.91 Å². The molecule has 2 heterocycles. The Morgan fingerprint density at radius 1 is 1.38 bits per heavy atom. The lowest BCUT2D eigenvalue weighted by molar-refractivity contribution is 0.0921. The molecule has 1 saturated carbocycles. The van der Waals surface area contributed by atoms with Gasteiger partial charge < -0.3 is 15.2 Å². The highest BCUT2D eigenvalue weighted by Crippen LogP contribution is 2.36. The molecule has 1 aliphatic carbocycles. The van der Waals surface area contributed by atoms with Crippen molar-refractivity contribution in [1.29, 1.82) is 0 Å². The van der Waals surface area contributed by atoms with E-state index < -0.39 is 0 Å². The zero-order valence-corrected chi connectivity index (χ0v) is 13.0. The van der Waals surface area contributed by atoms with E-state index in [2.05, 4.69) is 28.3 Å². The van der Waals surface area contributed by atoms with E-state index in [1.54, 1.807) is 0 Å². The Hall–Kier alpha value is -1.29. The number of carbonyl (C=O) groups excluding carboxylic acids is 1. The zero-order valence-electron chi connectivity index (χ0n) is 13.0. The van der Waals surface area contributed by atoms with Crippen LogP contribution in [0, 0.1) is 5.41 Å². The highest BCUT2D eigenvalue weighted by molar-refractivity contribution is 5.92. The quantitative estimate of drug-likeness (QED) is 0.895. The molecule has 1 aromatic heterocycles. The maximum atomic E-state index is 12.5. The third kappa shape index (κ3) is 3.31. The molecule has 3 rings (SSSR count). The van der Waals surface area contributed by atoms with Crippen molar-refractivity contribution in [3.63, 3.8) is 0 Å². The largest absolute Gasteiger partial charge is 0.350 e. The van der Waals surface area contributed by atoms with Crippen molar-refractivity contribution in [3.8, 4) is 0 Å². The molecule has 2 fully saturated rings. The molecule has 21 heavy (non-hydrogen) atoms. The van der Waals surface area contributed by atoms with Gasteiger partial charge in [-0.3, -0.25) is 4.79 Å². The molecule has 4 heteroatoms. The van der Waals surface area contributed by atoms with Crippen LogP contribution in [0.2, 0.25) is 0 Å². The monoisotopic (exact) mass is 289 g/mol. The highest BCUT2D eigenvalue weighted by atomic mass is 16.1. The maximum Gasteiger partial charge on any atom is 0.267 e. The Kier molecular flexibility index (Phi) is 4.34. The van der Waals surface area contributed by atoms with Crippen LogP contribution in [0.4, 0.5) is 0 Å². The summed E-state index contributed by atoms with van der Waals surface area (Å²) in [5.41, 5.74) is 1.13. The molecule has 0 radical (unpaired) electrons. The number of amides is 1. The van der Waals surface area contributed by atoms with E-state index in [0.29, 0.717) is 11.5 Å². The van der Waals surface area contributed by atoms with Gasteiger partial charge in [-0.05, 0) is 56.3 Å². The van der Waals surface area contributed by atoms with Crippen LogP contribution in [-0.4, -0.2) is 30.1 Å². The summed E-state index contributed by atoms with van der Waals surface area (Å²) in [4.78, 5) is 12.5. The van der Waals surface area contributed by atoms with Gasteiger partial charge in [0.2, 0.25) is 0 Å². The molecular formula is C17H27N3O. The first-order chi connectivity index (χ1) is 10.2. The van der Waals surface area contributed by atoms with Crippen LogP contribution in [-0.2, 0) is 0 Å². The number of hydrogen-bond donors (Lipinski definition) is 2. The summed E-state index contributed by atoms with van der Waals surface area (Å²) >= 11 is 0. The van der Waals surface area contributed by atoms with Crippen LogP contribution in [0.15, 0.2) is 18.3 Å². The third-order valence-electron chi connectivity index (χ3n) is 5.20. The third-order valence-corrected chi connectivity index (χ3v) is 5.20. The number of nitrogens with one attached hydrogen (secondary N) is 2. The molecule has 2 N–H and O–H groups in total. The number of piperidine rings is 1. The fraction of sp³-hybridized carbons (Fsp3) is 0.706. The van der Waals surface area contributed by atoms with Crippen molar-refractivity contribution in [1.82, 2.24) is 15.2 Å². The number of aromatic nitrogens is 1. The van der Waals surface area contributed by atoms with Crippen molar-refractivity contribution in [2.45, 2.75) is 51.5 Å². The molecule has 0 spiro atoms. The summed E-state index contributed by atoms with van der Waals surface area (Å²) in [6.07, 6.45) is 9.35. The Bertz CT molecular complexity index is 482. The Labute approximate surface area is 127 Å². The van der Waals surface area contributed by atoms with Gasteiger partial charge in [0, 0.05) is 18.8 Å². The van der Waals surface area contributed by atoms with Crippen LogP contribution in [0.1, 0.15) is 62.0 Å². The van der Waals surface area contributed by atoms with Crippen LogP contribution in [0.25, 0.3) is 0 Å². The molecule has 4 nitrogen and oxygen atoms in total. The van der Waals surface area contributed by atoms with Crippen LogP contribution in [0.5, 0.6) is 0 Å². The normalized spacial score (nSPS) is 22.3. The van der Waals surface area contributed by atoms with Gasteiger partial charge in [0.25, 0.3) is 5.91 Å². The standard InChI is InChI=1S/C17H27N3O/c1-17(8-2-3-9-17)13-19-16(21)15-5-4-12-20(15)14-6-10-18-11-7-14/h4-5,12,14,18H,2-3,6-11,13H2,1H3,(H,19,21). The highest BCUT2D eigenvalue weighted by Gasteiger charge is 2.29. The van der Waals surface area contributed by atoms with E-state index in [1.807, 2.05) is 12.1 Å². The Morgan fingerprint density at radius 3 is 2.81 bits per heavy atom. The van der Waals surface area contributed by atoms with Gasteiger partial charge in [0.05, 0.1) is 0 Å². The average molecular weight is 289 g/mol. The van der Waals surface area contributed by atoms with E-state index in [9.17, 15) is 4.79 Å². The van der Waals surface area contributed by atoms with Gasteiger partial charge in [-0.25, -0.2) is 0 Å². The summed E-state index contributed by atoms with van der Waals surface area (Å²) in [5.74, 6) is 0.0895. The molecule has 1 aliphatic heterocycles. The van der Waals surface area contributed by atoms with Gasteiger partial charge in [-0.2, -0.15) is 0 Å². The topological polar surface area (TPSA) is 46.1 Å². The fourth-order valence-corrected chi connectivity index (χ4v) is 3.78. The molecule has 0 unspecified atom stereocenters. The number of hydrogen-bond acceptors (Lipinski definition) is 2. The van der Waals surface area contributed by atoms with Gasteiger partial charge >= 0.3 is 0 Å². The number of carbonyl (C=O) groups is 1. The molecular weight excluding hydrogens is 262 g/mol.